The number of hydrogen-bond donors (Lipinski definition) is 0. The molecule has 4 aromatic rings. The Morgan fingerprint density at radius 1 is 1.18 bits per heavy atom. The van der Waals surface area contributed by atoms with Gasteiger partial charge in [0.25, 0.3) is 11.2 Å². The minimum Gasteiger partial charge on any atom is -0.493 e. The van der Waals surface area contributed by atoms with E-state index in [0.29, 0.717) is 40.2 Å². The van der Waals surface area contributed by atoms with E-state index in [0.717, 1.165) is 15.6 Å². The number of non-ortho nitro benzene ring substituents is 1. The van der Waals surface area contributed by atoms with Crippen molar-refractivity contribution in [2.75, 3.05) is 7.11 Å². The number of methoxy groups -OCH3 is 1. The highest BCUT2D eigenvalue weighted by Crippen LogP contribution is 2.34. The summed E-state index contributed by atoms with van der Waals surface area (Å²) in [6.07, 6.45) is 3.84. The van der Waals surface area contributed by atoms with Gasteiger partial charge in [-0.25, -0.2) is 4.98 Å². The van der Waals surface area contributed by atoms with Crippen molar-refractivity contribution in [3.8, 4) is 11.5 Å². The van der Waals surface area contributed by atoms with Crippen molar-refractivity contribution in [2.45, 2.75) is 32.8 Å². The lowest BCUT2D eigenvalue weighted by Crippen LogP contribution is -2.23. The molecule has 0 amide bonds. The predicted octanol–water partition coefficient (Wildman–Crippen LogP) is 6.39. The highest BCUT2D eigenvalue weighted by Gasteiger charge is 2.16. The van der Waals surface area contributed by atoms with Crippen LogP contribution in [0.15, 0.2) is 81.6 Å². The molecule has 1 aromatic heterocycles. The van der Waals surface area contributed by atoms with Gasteiger partial charge in [0.05, 0.1) is 29.2 Å². The second-order valence-electron chi connectivity index (χ2n) is 9.06. The quantitative estimate of drug-likeness (QED) is 0.0916. The topological polar surface area (TPSA) is 109 Å². The van der Waals surface area contributed by atoms with Crippen molar-refractivity contribution in [3.05, 3.63) is 115 Å². The van der Waals surface area contributed by atoms with E-state index in [2.05, 4.69) is 32.6 Å². The van der Waals surface area contributed by atoms with Crippen LogP contribution in [0.5, 0.6) is 11.5 Å². The fraction of sp³-hybridized carbons (Fsp3) is 0.207. The number of rotatable bonds is 10. The third-order valence-corrected chi connectivity index (χ3v) is 6.43. The maximum absolute atomic E-state index is 13.3. The zero-order valence-corrected chi connectivity index (χ0v) is 23.3. The van der Waals surface area contributed by atoms with E-state index >= 15 is 0 Å². The molecule has 0 N–H and O–H groups in total. The first kappa shape index (κ1) is 27.7. The lowest BCUT2D eigenvalue weighted by Gasteiger charge is -2.16. The standard InChI is InChI=1S/C29H27BrN4O5/c1-5-6-21-13-20(14-26(38-4)27(21)39-17-19-7-10-23(11-8-19)34(36)37)16-31-33-28(18(2)3)32-25-12-9-22(30)15-24(25)29(33)35/h5,7-16,18H,1,6,17H2,2-4H3. The van der Waals surface area contributed by atoms with Gasteiger partial charge in [-0.3, -0.25) is 14.9 Å². The summed E-state index contributed by atoms with van der Waals surface area (Å²) < 4.78 is 13.8. The van der Waals surface area contributed by atoms with E-state index in [9.17, 15) is 14.9 Å². The monoisotopic (exact) mass is 590 g/mol. The molecular formula is C29H27BrN4O5. The molecule has 0 spiro atoms. The summed E-state index contributed by atoms with van der Waals surface area (Å²) in [5.41, 5.74) is 2.65. The molecule has 200 valence electrons. The van der Waals surface area contributed by atoms with E-state index in [-0.39, 0.29) is 23.8 Å². The second-order valence-corrected chi connectivity index (χ2v) is 9.98. The Kier molecular flexibility index (Phi) is 8.55. The highest BCUT2D eigenvalue weighted by atomic mass is 79.9. The number of halogens is 1. The smallest absolute Gasteiger partial charge is 0.282 e. The Hall–Kier alpha value is -4.31. The van der Waals surface area contributed by atoms with E-state index in [1.165, 1.54) is 16.8 Å². The molecule has 0 aliphatic rings. The Morgan fingerprint density at radius 2 is 1.92 bits per heavy atom. The zero-order chi connectivity index (χ0) is 28.1. The average molecular weight is 591 g/mol. The zero-order valence-electron chi connectivity index (χ0n) is 21.8. The molecule has 10 heteroatoms. The summed E-state index contributed by atoms with van der Waals surface area (Å²) >= 11 is 3.42. The third-order valence-electron chi connectivity index (χ3n) is 5.94. The van der Waals surface area contributed by atoms with Gasteiger partial charge in [-0.05, 0) is 60.0 Å². The van der Waals surface area contributed by atoms with Gasteiger partial charge in [0, 0.05) is 28.1 Å². The summed E-state index contributed by atoms with van der Waals surface area (Å²) in [4.78, 5) is 28.5. The van der Waals surface area contributed by atoms with Crippen molar-refractivity contribution >= 4 is 38.7 Å². The Balaban J connectivity index is 1.70. The molecule has 0 aliphatic carbocycles. The predicted molar refractivity (Wildman–Crippen MR) is 155 cm³/mol. The Labute approximate surface area is 233 Å². The first-order valence-corrected chi connectivity index (χ1v) is 13.0. The van der Waals surface area contributed by atoms with Crippen LogP contribution in [0.2, 0.25) is 0 Å². The SMILES string of the molecule is C=CCc1cc(C=Nn2c(C(C)C)nc3ccc(Br)cc3c2=O)cc(OC)c1OCc1ccc([N+](=O)[O-])cc1. The number of nitrogens with zero attached hydrogens (tertiary/aromatic N) is 4. The van der Waals surface area contributed by atoms with Gasteiger partial charge in [-0.15, -0.1) is 6.58 Å². The lowest BCUT2D eigenvalue weighted by molar-refractivity contribution is -0.384. The molecule has 4 rings (SSSR count). The van der Waals surface area contributed by atoms with Gasteiger partial charge in [0.2, 0.25) is 0 Å². The van der Waals surface area contributed by atoms with Crippen molar-refractivity contribution in [3.63, 3.8) is 0 Å². The average Bonchev–Trinajstić information content (AvgIpc) is 2.92. The van der Waals surface area contributed by atoms with Gasteiger partial charge in [0.1, 0.15) is 12.4 Å². The molecule has 0 saturated heterocycles. The molecule has 0 atom stereocenters. The molecule has 0 radical (unpaired) electrons. The molecule has 0 aliphatic heterocycles. The van der Waals surface area contributed by atoms with E-state index in [4.69, 9.17) is 9.47 Å². The number of benzene rings is 3. The van der Waals surface area contributed by atoms with Gasteiger partial charge < -0.3 is 9.47 Å². The minimum absolute atomic E-state index is 0.0151. The normalized spacial score (nSPS) is 11.3. The Bertz CT molecular complexity index is 1630. The molecule has 0 bridgehead atoms. The number of allylic oxidation sites excluding steroid dienone is 1. The summed E-state index contributed by atoms with van der Waals surface area (Å²) in [7, 11) is 1.54. The molecule has 1 heterocycles. The maximum Gasteiger partial charge on any atom is 0.282 e. The summed E-state index contributed by atoms with van der Waals surface area (Å²) in [6, 6.07) is 15.2. The summed E-state index contributed by atoms with van der Waals surface area (Å²) in [6.45, 7) is 7.96. The maximum atomic E-state index is 13.3. The van der Waals surface area contributed by atoms with Crippen LogP contribution in [0.4, 0.5) is 5.69 Å². The van der Waals surface area contributed by atoms with Crippen LogP contribution in [-0.2, 0) is 13.0 Å². The molecule has 0 saturated carbocycles. The van der Waals surface area contributed by atoms with Crippen LogP contribution in [0.1, 0.15) is 42.3 Å². The molecule has 3 aromatic carbocycles. The van der Waals surface area contributed by atoms with Crippen molar-refractivity contribution in [2.24, 2.45) is 5.10 Å². The van der Waals surface area contributed by atoms with Gasteiger partial charge in [-0.1, -0.05) is 35.9 Å². The van der Waals surface area contributed by atoms with Gasteiger partial charge >= 0.3 is 0 Å². The van der Waals surface area contributed by atoms with Crippen LogP contribution in [0, 0.1) is 10.1 Å². The van der Waals surface area contributed by atoms with Crippen LogP contribution in [0.25, 0.3) is 10.9 Å². The summed E-state index contributed by atoms with van der Waals surface area (Å²) in [5.74, 6) is 1.52. The fourth-order valence-electron chi connectivity index (χ4n) is 4.03. The molecule has 9 nitrogen and oxygen atoms in total. The van der Waals surface area contributed by atoms with Crippen molar-refractivity contribution in [1.82, 2.24) is 9.66 Å². The number of hydrogen-bond acceptors (Lipinski definition) is 7. The number of nitro benzene ring substituents is 1. The van der Waals surface area contributed by atoms with Crippen molar-refractivity contribution in [1.29, 1.82) is 0 Å². The van der Waals surface area contributed by atoms with Crippen LogP contribution in [-0.4, -0.2) is 27.9 Å². The number of ether oxygens (including phenoxy) is 2. The molecule has 0 unspecified atom stereocenters. The lowest BCUT2D eigenvalue weighted by atomic mass is 10.1. The number of nitro groups is 1. The number of fused-ring (bicyclic) bond motifs is 1. The summed E-state index contributed by atoms with van der Waals surface area (Å²) in [5, 5.41) is 15.9. The third kappa shape index (κ3) is 6.23. The van der Waals surface area contributed by atoms with E-state index < -0.39 is 4.92 Å². The van der Waals surface area contributed by atoms with Crippen LogP contribution in [0.3, 0.4) is 0 Å². The Morgan fingerprint density at radius 3 is 2.56 bits per heavy atom. The largest absolute Gasteiger partial charge is 0.493 e. The molecule has 39 heavy (non-hydrogen) atoms. The molecular weight excluding hydrogens is 564 g/mol. The molecule has 0 fully saturated rings. The van der Waals surface area contributed by atoms with Gasteiger partial charge in [0.15, 0.2) is 11.5 Å². The van der Waals surface area contributed by atoms with E-state index in [1.54, 1.807) is 43.7 Å². The van der Waals surface area contributed by atoms with Crippen LogP contribution < -0.4 is 15.0 Å². The second kappa shape index (κ2) is 12.0. The fourth-order valence-corrected chi connectivity index (χ4v) is 4.39. The van der Waals surface area contributed by atoms with Gasteiger partial charge in [-0.2, -0.15) is 9.78 Å². The van der Waals surface area contributed by atoms with Crippen LogP contribution >= 0.6 is 15.9 Å². The highest BCUT2D eigenvalue weighted by molar-refractivity contribution is 9.10. The number of aromatic nitrogens is 2. The minimum atomic E-state index is -0.443. The van der Waals surface area contributed by atoms with Crippen molar-refractivity contribution < 1.29 is 14.4 Å². The first-order valence-electron chi connectivity index (χ1n) is 12.2. The van der Waals surface area contributed by atoms with E-state index in [1.807, 2.05) is 32.0 Å². The first-order chi connectivity index (χ1) is 18.7.